The zero-order valence-electron chi connectivity index (χ0n) is 9.79. The Hall–Kier alpha value is -1.31. The van der Waals surface area contributed by atoms with Gasteiger partial charge in [0.15, 0.2) is 5.78 Å². The number of hydrogen-bond acceptors (Lipinski definition) is 2. The van der Waals surface area contributed by atoms with Gasteiger partial charge in [0.05, 0.1) is 0 Å². The fourth-order valence-electron chi connectivity index (χ4n) is 1.57. The van der Waals surface area contributed by atoms with E-state index in [0.29, 0.717) is 6.42 Å². The average Bonchev–Trinajstić information content (AvgIpc) is 2.25. The van der Waals surface area contributed by atoms with E-state index < -0.39 is 0 Å². The molecule has 1 aromatic carbocycles. The van der Waals surface area contributed by atoms with Crippen LogP contribution >= 0.6 is 0 Å². The van der Waals surface area contributed by atoms with Crippen molar-refractivity contribution < 1.29 is 4.79 Å². The molecule has 0 fully saturated rings. The van der Waals surface area contributed by atoms with Crippen LogP contribution in [0.1, 0.15) is 36.5 Å². The predicted molar refractivity (Wildman–Crippen MR) is 64.6 cm³/mol. The van der Waals surface area contributed by atoms with Crippen LogP contribution in [0.4, 0.5) is 5.69 Å². The first-order chi connectivity index (χ1) is 7.16. The Morgan fingerprint density at radius 1 is 1.27 bits per heavy atom. The lowest BCUT2D eigenvalue weighted by Gasteiger charge is -2.16. The maximum Gasteiger partial charge on any atom is 0.164 e. The first-order valence-corrected chi connectivity index (χ1v) is 5.46. The van der Waals surface area contributed by atoms with Crippen molar-refractivity contribution in [2.24, 2.45) is 0 Å². The van der Waals surface area contributed by atoms with E-state index in [4.69, 9.17) is 0 Å². The molecule has 0 heterocycles. The highest BCUT2D eigenvalue weighted by atomic mass is 16.1. The summed E-state index contributed by atoms with van der Waals surface area (Å²) in [6.07, 6.45) is 2.69. The lowest BCUT2D eigenvalue weighted by atomic mass is 10.0. The van der Waals surface area contributed by atoms with E-state index in [1.807, 2.05) is 43.3 Å². The second-order valence-electron chi connectivity index (χ2n) is 3.94. The maximum absolute atomic E-state index is 11.9. The Kier molecular flexibility index (Phi) is 4.35. The highest BCUT2D eigenvalue weighted by Gasteiger charge is 2.10. The summed E-state index contributed by atoms with van der Waals surface area (Å²) >= 11 is 0. The van der Waals surface area contributed by atoms with Gasteiger partial charge in [0.1, 0.15) is 0 Å². The summed E-state index contributed by atoms with van der Waals surface area (Å²) < 4.78 is 0. The smallest absolute Gasteiger partial charge is 0.164 e. The molecule has 2 nitrogen and oxygen atoms in total. The summed E-state index contributed by atoms with van der Waals surface area (Å²) in [6.45, 7) is 2.10. The predicted octanol–water partition coefficient (Wildman–Crippen LogP) is 3.13. The van der Waals surface area contributed by atoms with Gasteiger partial charge in [0.2, 0.25) is 0 Å². The lowest BCUT2D eigenvalue weighted by Crippen LogP contribution is -2.13. The molecule has 0 bridgehead atoms. The second kappa shape index (κ2) is 5.54. The molecule has 0 aromatic heterocycles. The molecule has 0 atom stereocenters. The van der Waals surface area contributed by atoms with Crippen molar-refractivity contribution in [2.75, 3.05) is 19.0 Å². The zero-order valence-corrected chi connectivity index (χ0v) is 9.79. The minimum atomic E-state index is 0.251. The molecule has 0 unspecified atom stereocenters. The van der Waals surface area contributed by atoms with Gasteiger partial charge in [0.25, 0.3) is 0 Å². The van der Waals surface area contributed by atoms with Gasteiger partial charge < -0.3 is 4.90 Å². The number of hydrogen-bond donors (Lipinski definition) is 0. The number of ketones is 1. The Morgan fingerprint density at radius 2 is 1.93 bits per heavy atom. The first-order valence-electron chi connectivity index (χ1n) is 5.46. The van der Waals surface area contributed by atoms with E-state index in [1.165, 1.54) is 0 Å². The van der Waals surface area contributed by atoms with Gasteiger partial charge in [-0.15, -0.1) is 0 Å². The monoisotopic (exact) mass is 205 g/mol. The van der Waals surface area contributed by atoms with Gasteiger partial charge >= 0.3 is 0 Å². The number of anilines is 1. The molecule has 1 rings (SSSR count). The molecule has 1 aromatic rings. The number of carbonyl (C=O) groups is 1. The van der Waals surface area contributed by atoms with Gasteiger partial charge in [-0.25, -0.2) is 0 Å². The third-order valence-electron chi connectivity index (χ3n) is 2.44. The molecule has 0 aliphatic carbocycles. The molecule has 0 saturated heterocycles. The number of benzene rings is 1. The van der Waals surface area contributed by atoms with Crippen LogP contribution in [-0.4, -0.2) is 19.9 Å². The first kappa shape index (κ1) is 11.8. The van der Waals surface area contributed by atoms with E-state index in [9.17, 15) is 4.79 Å². The molecular formula is C13H19NO. The van der Waals surface area contributed by atoms with Crippen molar-refractivity contribution in [3.8, 4) is 0 Å². The number of Topliss-reactive ketones (excluding diaryl/α,β-unsaturated/α-hetero) is 1. The van der Waals surface area contributed by atoms with Gasteiger partial charge in [-0.3, -0.25) is 4.79 Å². The SMILES string of the molecule is CCCCC(=O)c1ccccc1N(C)C. The third-order valence-corrected chi connectivity index (χ3v) is 2.44. The summed E-state index contributed by atoms with van der Waals surface area (Å²) in [6, 6.07) is 7.78. The molecule has 2 heteroatoms. The number of unbranched alkanes of at least 4 members (excludes halogenated alkanes) is 1. The van der Waals surface area contributed by atoms with Crippen molar-refractivity contribution >= 4 is 11.5 Å². The van der Waals surface area contributed by atoms with Crippen LogP contribution in [0.2, 0.25) is 0 Å². The fourth-order valence-corrected chi connectivity index (χ4v) is 1.57. The molecule has 0 N–H and O–H groups in total. The topological polar surface area (TPSA) is 20.3 Å². The van der Waals surface area contributed by atoms with Crippen molar-refractivity contribution in [3.05, 3.63) is 29.8 Å². The summed E-state index contributed by atoms with van der Waals surface area (Å²) in [5, 5.41) is 0. The molecule has 0 saturated carbocycles. The van der Waals surface area contributed by atoms with Crippen LogP contribution < -0.4 is 4.90 Å². The Bertz CT molecular complexity index is 331. The minimum absolute atomic E-state index is 0.251. The average molecular weight is 205 g/mol. The Balaban J connectivity index is 2.87. The lowest BCUT2D eigenvalue weighted by molar-refractivity contribution is 0.0980. The second-order valence-corrected chi connectivity index (χ2v) is 3.94. The van der Waals surface area contributed by atoms with E-state index in [2.05, 4.69) is 6.92 Å². The van der Waals surface area contributed by atoms with Crippen LogP contribution in [0.3, 0.4) is 0 Å². The van der Waals surface area contributed by atoms with Crippen LogP contribution in [0.15, 0.2) is 24.3 Å². The molecule has 0 aliphatic rings. The summed E-state index contributed by atoms with van der Waals surface area (Å²) in [4.78, 5) is 13.9. The van der Waals surface area contributed by atoms with Crippen LogP contribution in [0, 0.1) is 0 Å². The molecule has 0 amide bonds. The highest BCUT2D eigenvalue weighted by molar-refractivity contribution is 6.01. The van der Waals surface area contributed by atoms with Crippen molar-refractivity contribution in [1.29, 1.82) is 0 Å². The molecule has 0 spiro atoms. The van der Waals surface area contributed by atoms with Gasteiger partial charge in [0, 0.05) is 31.8 Å². The van der Waals surface area contributed by atoms with Crippen LogP contribution in [0.25, 0.3) is 0 Å². The van der Waals surface area contributed by atoms with E-state index >= 15 is 0 Å². The fraction of sp³-hybridized carbons (Fsp3) is 0.462. The van der Waals surface area contributed by atoms with Gasteiger partial charge in [-0.05, 0) is 18.6 Å². The number of carbonyl (C=O) groups excluding carboxylic acids is 1. The van der Waals surface area contributed by atoms with Crippen molar-refractivity contribution in [2.45, 2.75) is 26.2 Å². The summed E-state index contributed by atoms with van der Waals surface area (Å²) in [7, 11) is 3.93. The van der Waals surface area contributed by atoms with E-state index in [-0.39, 0.29) is 5.78 Å². The standard InChI is InChI=1S/C13H19NO/c1-4-5-10-13(15)11-8-6-7-9-12(11)14(2)3/h6-9H,4-5,10H2,1-3H3. The normalized spacial score (nSPS) is 10.1. The summed E-state index contributed by atoms with van der Waals surface area (Å²) in [5.41, 5.74) is 1.86. The van der Waals surface area contributed by atoms with Crippen LogP contribution in [0.5, 0.6) is 0 Å². The van der Waals surface area contributed by atoms with Crippen LogP contribution in [-0.2, 0) is 0 Å². The van der Waals surface area contributed by atoms with E-state index in [1.54, 1.807) is 0 Å². The number of rotatable bonds is 5. The molecule has 15 heavy (non-hydrogen) atoms. The summed E-state index contributed by atoms with van der Waals surface area (Å²) in [5.74, 6) is 0.251. The molecular weight excluding hydrogens is 186 g/mol. The molecule has 0 radical (unpaired) electrons. The number of para-hydroxylation sites is 1. The Morgan fingerprint density at radius 3 is 2.53 bits per heavy atom. The number of nitrogens with zero attached hydrogens (tertiary/aromatic N) is 1. The van der Waals surface area contributed by atoms with E-state index in [0.717, 1.165) is 24.1 Å². The zero-order chi connectivity index (χ0) is 11.3. The van der Waals surface area contributed by atoms with Gasteiger partial charge in [-0.2, -0.15) is 0 Å². The Labute approximate surface area is 91.9 Å². The maximum atomic E-state index is 11.9. The third kappa shape index (κ3) is 3.08. The van der Waals surface area contributed by atoms with Gasteiger partial charge in [-0.1, -0.05) is 25.5 Å². The van der Waals surface area contributed by atoms with Crippen molar-refractivity contribution in [3.63, 3.8) is 0 Å². The molecule has 0 aliphatic heterocycles. The van der Waals surface area contributed by atoms with Crippen molar-refractivity contribution in [1.82, 2.24) is 0 Å². The molecule has 82 valence electrons. The minimum Gasteiger partial charge on any atom is -0.377 e. The largest absolute Gasteiger partial charge is 0.377 e. The quantitative estimate of drug-likeness (QED) is 0.688. The highest BCUT2D eigenvalue weighted by Crippen LogP contribution is 2.20.